The van der Waals surface area contributed by atoms with Crippen molar-refractivity contribution in [3.63, 3.8) is 0 Å². The first kappa shape index (κ1) is 19.3. The highest BCUT2D eigenvalue weighted by Gasteiger charge is 2.43. The first-order valence-corrected chi connectivity index (χ1v) is 9.07. The average Bonchev–Trinajstić information content (AvgIpc) is 3.18. The second-order valence-corrected chi connectivity index (χ2v) is 7.61. The summed E-state index contributed by atoms with van der Waals surface area (Å²) in [5, 5.41) is 3.40. The maximum atomic E-state index is 12.6. The Labute approximate surface area is 152 Å². The molecule has 2 heterocycles. The van der Waals surface area contributed by atoms with Crippen molar-refractivity contribution in [2.75, 3.05) is 32.7 Å². The van der Waals surface area contributed by atoms with Crippen LogP contribution >= 0.6 is 24.8 Å². The second-order valence-electron chi connectivity index (χ2n) is 7.61. The van der Waals surface area contributed by atoms with Gasteiger partial charge in [0.25, 0.3) is 0 Å². The number of hydrogen-bond donors (Lipinski definition) is 1. The number of piperazine rings is 1. The highest BCUT2D eigenvalue weighted by molar-refractivity contribution is 5.85. The molecule has 4 nitrogen and oxygen atoms in total. The van der Waals surface area contributed by atoms with E-state index in [1.807, 2.05) is 0 Å². The van der Waals surface area contributed by atoms with E-state index in [4.69, 9.17) is 0 Å². The third-order valence-electron chi connectivity index (χ3n) is 6.40. The molecule has 134 valence electrons. The Morgan fingerprint density at radius 2 is 1.70 bits per heavy atom. The molecule has 0 aromatic rings. The minimum atomic E-state index is 0. The zero-order valence-corrected chi connectivity index (χ0v) is 15.5. The summed E-state index contributed by atoms with van der Waals surface area (Å²) in [4.78, 5) is 17.4. The summed E-state index contributed by atoms with van der Waals surface area (Å²) in [7, 11) is 0. The van der Waals surface area contributed by atoms with E-state index in [0.717, 1.165) is 57.0 Å². The molecular formula is C17H31Cl2N3O. The molecule has 4 rings (SSSR count). The van der Waals surface area contributed by atoms with E-state index in [0.29, 0.717) is 5.91 Å². The van der Waals surface area contributed by atoms with Crippen LogP contribution < -0.4 is 5.32 Å². The summed E-state index contributed by atoms with van der Waals surface area (Å²) in [5.41, 5.74) is 0. The molecule has 6 heteroatoms. The Morgan fingerprint density at radius 3 is 2.26 bits per heavy atom. The molecule has 4 aliphatic rings. The summed E-state index contributed by atoms with van der Waals surface area (Å²) in [6.07, 6.45) is 9.31. The van der Waals surface area contributed by atoms with E-state index in [1.165, 1.54) is 38.5 Å². The van der Waals surface area contributed by atoms with E-state index in [2.05, 4.69) is 15.1 Å². The molecule has 0 aromatic carbocycles. The Morgan fingerprint density at radius 1 is 0.913 bits per heavy atom. The maximum absolute atomic E-state index is 12.6. The van der Waals surface area contributed by atoms with Gasteiger partial charge in [-0.15, -0.1) is 24.8 Å². The van der Waals surface area contributed by atoms with Crippen LogP contribution in [-0.4, -0.2) is 60.5 Å². The van der Waals surface area contributed by atoms with Crippen molar-refractivity contribution < 1.29 is 4.79 Å². The lowest BCUT2D eigenvalue weighted by molar-refractivity contribution is -0.136. The molecule has 0 radical (unpaired) electrons. The van der Waals surface area contributed by atoms with E-state index in [9.17, 15) is 4.79 Å². The molecule has 1 N–H and O–H groups in total. The fraction of sp³-hybridized carbons (Fsp3) is 0.941. The van der Waals surface area contributed by atoms with Crippen molar-refractivity contribution in [3.05, 3.63) is 0 Å². The van der Waals surface area contributed by atoms with Crippen molar-refractivity contribution in [3.8, 4) is 0 Å². The number of amides is 1. The minimum absolute atomic E-state index is 0. The van der Waals surface area contributed by atoms with Gasteiger partial charge in [-0.05, 0) is 50.5 Å². The largest absolute Gasteiger partial charge is 0.339 e. The van der Waals surface area contributed by atoms with Crippen molar-refractivity contribution >= 4 is 30.7 Å². The third kappa shape index (κ3) is 3.97. The number of halogens is 2. The molecule has 2 aliphatic heterocycles. The van der Waals surface area contributed by atoms with Crippen molar-refractivity contribution in [1.82, 2.24) is 15.1 Å². The summed E-state index contributed by atoms with van der Waals surface area (Å²) >= 11 is 0. The van der Waals surface area contributed by atoms with Gasteiger partial charge in [-0.1, -0.05) is 12.8 Å². The number of nitrogens with one attached hydrogen (secondary N) is 1. The van der Waals surface area contributed by atoms with Gasteiger partial charge in [-0.25, -0.2) is 0 Å². The van der Waals surface area contributed by atoms with Crippen LogP contribution in [0.3, 0.4) is 0 Å². The number of hydrogen-bond acceptors (Lipinski definition) is 3. The van der Waals surface area contributed by atoms with Crippen LogP contribution in [0, 0.1) is 11.8 Å². The quantitative estimate of drug-likeness (QED) is 0.817. The molecule has 23 heavy (non-hydrogen) atoms. The molecular weight excluding hydrogens is 333 g/mol. The lowest BCUT2D eigenvalue weighted by atomic mass is 9.93. The van der Waals surface area contributed by atoms with Gasteiger partial charge in [0.15, 0.2) is 0 Å². The number of rotatable bonds is 2. The normalized spacial score (nSPS) is 37.1. The van der Waals surface area contributed by atoms with Gasteiger partial charge in [-0.2, -0.15) is 0 Å². The van der Waals surface area contributed by atoms with Crippen LogP contribution in [0.4, 0.5) is 0 Å². The van der Waals surface area contributed by atoms with Crippen LogP contribution in [0.1, 0.15) is 44.9 Å². The predicted molar refractivity (Wildman–Crippen MR) is 97.5 cm³/mol. The van der Waals surface area contributed by atoms with Crippen molar-refractivity contribution in [1.29, 1.82) is 0 Å². The van der Waals surface area contributed by atoms with E-state index >= 15 is 0 Å². The van der Waals surface area contributed by atoms with Crippen LogP contribution in [0.2, 0.25) is 0 Å². The van der Waals surface area contributed by atoms with Gasteiger partial charge in [0, 0.05) is 32.2 Å². The Balaban J connectivity index is 0.000000960. The first-order chi connectivity index (χ1) is 10.3. The number of nitrogens with zero attached hydrogens (tertiary/aromatic N) is 2. The topological polar surface area (TPSA) is 35.6 Å². The Hall–Kier alpha value is -0.0300. The second kappa shape index (κ2) is 8.37. The average molecular weight is 364 g/mol. The molecule has 1 amide bonds. The first-order valence-electron chi connectivity index (χ1n) is 9.07. The predicted octanol–water partition coefficient (Wildman–Crippen LogP) is 2.30. The van der Waals surface area contributed by atoms with E-state index in [-0.39, 0.29) is 30.9 Å². The Kier molecular flexibility index (Phi) is 7.02. The van der Waals surface area contributed by atoms with Crippen LogP contribution in [-0.2, 0) is 4.79 Å². The molecule has 2 aliphatic carbocycles. The molecule has 2 saturated carbocycles. The zero-order chi connectivity index (χ0) is 14.2. The number of fused-ring (bicyclic) bond motifs is 2. The minimum Gasteiger partial charge on any atom is -0.339 e. The number of carbonyl (C=O) groups is 1. The standard InChI is InChI=1S/C17H29N3O.2ClH/c21-17(15-3-1-2-6-18-15)20-9-7-19(8-10-20)16-12-13-4-5-14(16)11-13;;/h13-16,18H,1-12H2;2*1H/t13?,14?,15-,16?;;/m1../s1. The van der Waals surface area contributed by atoms with E-state index < -0.39 is 0 Å². The fourth-order valence-electron chi connectivity index (χ4n) is 5.22. The summed E-state index contributed by atoms with van der Waals surface area (Å²) < 4.78 is 0. The molecule has 2 saturated heterocycles. The van der Waals surface area contributed by atoms with Crippen LogP contribution in [0.15, 0.2) is 0 Å². The number of piperidine rings is 1. The van der Waals surface area contributed by atoms with Gasteiger partial charge < -0.3 is 10.2 Å². The summed E-state index contributed by atoms with van der Waals surface area (Å²) in [5.74, 6) is 2.35. The molecule has 4 fully saturated rings. The van der Waals surface area contributed by atoms with Crippen LogP contribution in [0.25, 0.3) is 0 Å². The van der Waals surface area contributed by atoms with E-state index in [1.54, 1.807) is 0 Å². The molecule has 2 bridgehead atoms. The summed E-state index contributed by atoms with van der Waals surface area (Å²) in [6.45, 7) is 5.12. The molecule has 3 unspecified atom stereocenters. The van der Waals surface area contributed by atoms with Crippen molar-refractivity contribution in [2.45, 2.75) is 57.0 Å². The highest BCUT2D eigenvalue weighted by Crippen LogP contribution is 2.46. The highest BCUT2D eigenvalue weighted by atomic mass is 35.5. The lowest BCUT2D eigenvalue weighted by Crippen LogP contribution is -2.57. The SMILES string of the molecule is Cl.Cl.O=C([C@H]1CCCCN1)N1CCN(C2CC3CCC2C3)CC1. The van der Waals surface area contributed by atoms with Crippen molar-refractivity contribution in [2.24, 2.45) is 11.8 Å². The maximum Gasteiger partial charge on any atom is 0.239 e. The molecule has 0 aromatic heterocycles. The smallest absolute Gasteiger partial charge is 0.239 e. The molecule has 4 atom stereocenters. The zero-order valence-electron chi connectivity index (χ0n) is 13.9. The van der Waals surface area contributed by atoms with Crippen LogP contribution in [0.5, 0.6) is 0 Å². The van der Waals surface area contributed by atoms with Gasteiger partial charge in [0.1, 0.15) is 0 Å². The summed E-state index contributed by atoms with van der Waals surface area (Å²) in [6, 6.07) is 0.946. The lowest BCUT2D eigenvalue weighted by Gasteiger charge is -2.42. The Bertz CT molecular complexity index is 395. The number of carbonyl (C=O) groups excluding carboxylic acids is 1. The monoisotopic (exact) mass is 363 g/mol. The van der Waals surface area contributed by atoms with Gasteiger partial charge in [-0.3, -0.25) is 9.69 Å². The van der Waals surface area contributed by atoms with Gasteiger partial charge >= 0.3 is 0 Å². The molecule has 0 spiro atoms. The van der Waals surface area contributed by atoms with Gasteiger partial charge in [0.2, 0.25) is 5.91 Å². The van der Waals surface area contributed by atoms with Gasteiger partial charge in [0.05, 0.1) is 6.04 Å². The fourth-order valence-corrected chi connectivity index (χ4v) is 5.22. The third-order valence-corrected chi connectivity index (χ3v) is 6.40.